The van der Waals surface area contributed by atoms with Gasteiger partial charge in [0.2, 0.25) is 0 Å². The molecule has 1 nitrogen and oxygen atoms in total. The lowest BCUT2D eigenvalue weighted by molar-refractivity contribution is -0.118. The second-order valence-electron chi connectivity index (χ2n) is 4.64. The molecule has 14 heavy (non-hydrogen) atoms. The van der Waals surface area contributed by atoms with Crippen molar-refractivity contribution in [2.45, 2.75) is 36.2 Å². The summed E-state index contributed by atoms with van der Waals surface area (Å²) < 4.78 is 0.0328. The Kier molecular flexibility index (Phi) is 2.36. The Balaban J connectivity index is 1.91. The van der Waals surface area contributed by atoms with E-state index in [-0.39, 0.29) is 4.08 Å². The Bertz CT molecular complexity index is 258. The summed E-state index contributed by atoms with van der Waals surface area (Å²) in [5.74, 6) is 4.43. The number of hydrogen-bond donors (Lipinski definition) is 0. The lowest BCUT2D eigenvalue weighted by Gasteiger charge is -2.33. The molecule has 0 unspecified atom stereocenters. The van der Waals surface area contributed by atoms with Crippen LogP contribution in [0.15, 0.2) is 0 Å². The van der Waals surface area contributed by atoms with Gasteiger partial charge >= 0.3 is 0 Å². The molecule has 2 atom stereocenters. The first-order valence-corrected chi connectivity index (χ1v) is 7.61. The predicted octanol–water partition coefficient (Wildman–Crippen LogP) is 2.94. The molecule has 78 valence electrons. The fourth-order valence-corrected chi connectivity index (χ4v) is 6.99. The van der Waals surface area contributed by atoms with Gasteiger partial charge in [0.25, 0.3) is 0 Å². The normalized spacial score (nSPS) is 40.4. The van der Waals surface area contributed by atoms with Crippen LogP contribution in [0.25, 0.3) is 0 Å². The summed E-state index contributed by atoms with van der Waals surface area (Å²) in [5.41, 5.74) is 0. The van der Waals surface area contributed by atoms with Crippen LogP contribution in [0.1, 0.15) is 32.1 Å². The number of ketones is 1. The van der Waals surface area contributed by atoms with Gasteiger partial charge < -0.3 is 0 Å². The van der Waals surface area contributed by atoms with Gasteiger partial charge in [0.05, 0.1) is 0 Å². The fraction of sp³-hybridized carbons (Fsp3) is 0.909. The van der Waals surface area contributed by atoms with Crippen molar-refractivity contribution in [3.8, 4) is 0 Å². The van der Waals surface area contributed by atoms with Crippen LogP contribution >= 0.6 is 23.5 Å². The first-order valence-electron chi connectivity index (χ1n) is 5.64. The molecule has 1 aliphatic heterocycles. The number of rotatable bonds is 0. The van der Waals surface area contributed by atoms with Gasteiger partial charge in [0, 0.05) is 17.9 Å². The summed E-state index contributed by atoms with van der Waals surface area (Å²) in [6, 6.07) is 0. The molecule has 0 aromatic heterocycles. The number of carbonyl (C=O) groups excluding carboxylic acids is 1. The Labute approximate surface area is 93.8 Å². The van der Waals surface area contributed by atoms with Crippen molar-refractivity contribution in [3.63, 3.8) is 0 Å². The molecule has 0 bridgehead atoms. The molecule has 3 heteroatoms. The molecule has 3 aliphatic rings. The summed E-state index contributed by atoms with van der Waals surface area (Å²) in [7, 11) is 0. The standard InChI is InChI=1S/C11H16OS2/c12-10-7-8-3-1-2-4-9(8)11(10)13-5-6-14-11/h8-9H,1-7H2/t8-,9-/m1/s1. The average Bonchev–Trinajstić information content (AvgIpc) is 2.77. The van der Waals surface area contributed by atoms with Crippen molar-refractivity contribution in [1.82, 2.24) is 0 Å². The van der Waals surface area contributed by atoms with Crippen LogP contribution in [0.5, 0.6) is 0 Å². The first-order chi connectivity index (χ1) is 6.83. The lowest BCUT2D eigenvalue weighted by Crippen LogP contribution is -2.33. The van der Waals surface area contributed by atoms with Gasteiger partial charge in [0.15, 0.2) is 5.78 Å². The van der Waals surface area contributed by atoms with E-state index in [0.717, 1.165) is 18.3 Å². The molecule has 0 N–H and O–H groups in total. The SMILES string of the molecule is O=C1C[C@H]2CCCC[C@H]2C12SCCS2. The number of carbonyl (C=O) groups is 1. The number of thioether (sulfide) groups is 2. The lowest BCUT2D eigenvalue weighted by atomic mass is 9.81. The molecule has 2 saturated carbocycles. The minimum absolute atomic E-state index is 0.0328. The number of hydrogen-bond acceptors (Lipinski definition) is 3. The van der Waals surface area contributed by atoms with Gasteiger partial charge in [-0.3, -0.25) is 4.79 Å². The number of Topliss-reactive ketones (excluding diaryl/α,β-unsaturated/α-hetero) is 1. The maximum Gasteiger partial charge on any atom is 0.159 e. The highest BCUT2D eigenvalue weighted by Gasteiger charge is 2.57. The molecule has 0 radical (unpaired) electrons. The monoisotopic (exact) mass is 228 g/mol. The second kappa shape index (κ2) is 3.44. The van der Waals surface area contributed by atoms with Crippen LogP contribution < -0.4 is 0 Å². The maximum absolute atomic E-state index is 12.1. The average molecular weight is 228 g/mol. The van der Waals surface area contributed by atoms with Crippen molar-refractivity contribution in [3.05, 3.63) is 0 Å². The van der Waals surface area contributed by atoms with Gasteiger partial charge in [-0.2, -0.15) is 0 Å². The third kappa shape index (κ3) is 1.21. The largest absolute Gasteiger partial charge is 0.297 e. The van der Waals surface area contributed by atoms with E-state index in [1.165, 1.54) is 37.2 Å². The van der Waals surface area contributed by atoms with Crippen molar-refractivity contribution < 1.29 is 4.79 Å². The quantitative estimate of drug-likeness (QED) is 0.634. The first kappa shape index (κ1) is 9.59. The Morgan fingerprint density at radius 1 is 1.14 bits per heavy atom. The van der Waals surface area contributed by atoms with Gasteiger partial charge in [-0.05, 0) is 24.7 Å². The molecule has 3 fully saturated rings. The Morgan fingerprint density at radius 3 is 2.64 bits per heavy atom. The summed E-state index contributed by atoms with van der Waals surface area (Å²) in [5, 5.41) is 0. The minimum Gasteiger partial charge on any atom is -0.297 e. The van der Waals surface area contributed by atoms with Crippen LogP contribution in [0.2, 0.25) is 0 Å². The van der Waals surface area contributed by atoms with Crippen molar-refractivity contribution in [2.75, 3.05) is 11.5 Å². The zero-order valence-corrected chi connectivity index (χ0v) is 9.96. The summed E-state index contributed by atoms with van der Waals surface area (Å²) in [6.07, 6.45) is 6.25. The molecule has 1 heterocycles. The summed E-state index contributed by atoms with van der Waals surface area (Å²) >= 11 is 3.92. The van der Waals surface area contributed by atoms with E-state index in [2.05, 4.69) is 0 Å². The third-order valence-corrected chi connectivity index (χ3v) is 7.65. The van der Waals surface area contributed by atoms with Crippen LogP contribution in [-0.4, -0.2) is 21.4 Å². The molecule has 1 spiro atoms. The second-order valence-corrected chi connectivity index (χ2v) is 7.58. The van der Waals surface area contributed by atoms with Crippen molar-refractivity contribution in [1.29, 1.82) is 0 Å². The third-order valence-electron chi connectivity index (χ3n) is 3.95. The minimum atomic E-state index is 0.0328. The molecule has 0 aromatic rings. The molecular formula is C11H16OS2. The molecule has 3 rings (SSSR count). The van der Waals surface area contributed by atoms with Crippen molar-refractivity contribution in [2.24, 2.45) is 11.8 Å². The van der Waals surface area contributed by atoms with Crippen LogP contribution in [-0.2, 0) is 4.79 Å². The van der Waals surface area contributed by atoms with E-state index in [9.17, 15) is 4.79 Å². The van der Waals surface area contributed by atoms with Gasteiger partial charge in [-0.1, -0.05) is 12.8 Å². The fourth-order valence-electron chi connectivity index (χ4n) is 3.34. The highest BCUT2D eigenvalue weighted by Crippen LogP contribution is 2.60. The van der Waals surface area contributed by atoms with Gasteiger partial charge in [-0.25, -0.2) is 0 Å². The summed E-state index contributed by atoms with van der Waals surface area (Å²) in [4.78, 5) is 12.1. The van der Waals surface area contributed by atoms with E-state index in [1.54, 1.807) is 0 Å². The smallest absolute Gasteiger partial charge is 0.159 e. The highest BCUT2D eigenvalue weighted by molar-refractivity contribution is 8.22. The number of fused-ring (bicyclic) bond motifs is 2. The Hall–Kier alpha value is 0.370. The molecule has 0 amide bonds. The van der Waals surface area contributed by atoms with Crippen molar-refractivity contribution >= 4 is 29.3 Å². The molecule has 1 saturated heterocycles. The predicted molar refractivity (Wildman–Crippen MR) is 62.7 cm³/mol. The zero-order valence-electron chi connectivity index (χ0n) is 8.33. The van der Waals surface area contributed by atoms with Gasteiger partial charge in [0.1, 0.15) is 4.08 Å². The molecular weight excluding hydrogens is 212 g/mol. The molecule has 0 aromatic carbocycles. The van der Waals surface area contributed by atoms with Gasteiger partial charge in [-0.15, -0.1) is 23.5 Å². The van der Waals surface area contributed by atoms with Crippen LogP contribution in [0.3, 0.4) is 0 Å². The van der Waals surface area contributed by atoms with E-state index in [1.807, 2.05) is 23.5 Å². The van der Waals surface area contributed by atoms with E-state index in [0.29, 0.717) is 5.78 Å². The summed E-state index contributed by atoms with van der Waals surface area (Å²) in [6.45, 7) is 0. The highest BCUT2D eigenvalue weighted by atomic mass is 32.2. The van der Waals surface area contributed by atoms with Crippen LogP contribution in [0, 0.1) is 11.8 Å². The van der Waals surface area contributed by atoms with E-state index in [4.69, 9.17) is 0 Å². The van der Waals surface area contributed by atoms with E-state index < -0.39 is 0 Å². The Morgan fingerprint density at radius 2 is 1.86 bits per heavy atom. The molecule has 2 aliphatic carbocycles. The maximum atomic E-state index is 12.1. The zero-order chi connectivity index (χ0) is 9.60. The van der Waals surface area contributed by atoms with E-state index >= 15 is 0 Å². The van der Waals surface area contributed by atoms with Crippen LogP contribution in [0.4, 0.5) is 0 Å². The topological polar surface area (TPSA) is 17.1 Å².